The van der Waals surface area contributed by atoms with Gasteiger partial charge in [-0.05, 0) is 30.7 Å². The predicted octanol–water partition coefficient (Wildman–Crippen LogP) is 1.30. The number of hydrogen-bond donors (Lipinski definition) is 3. The lowest BCUT2D eigenvalue weighted by Crippen LogP contribution is -2.29. The zero-order valence-electron chi connectivity index (χ0n) is 12.4. The minimum atomic E-state index is -3.47. The third kappa shape index (κ3) is 5.11. The third-order valence-electron chi connectivity index (χ3n) is 3.06. The second-order valence-corrected chi connectivity index (χ2v) is 6.50. The van der Waals surface area contributed by atoms with E-state index in [4.69, 9.17) is 5.73 Å². The molecule has 4 N–H and O–H groups in total. The zero-order valence-corrected chi connectivity index (χ0v) is 13.2. The first-order chi connectivity index (χ1) is 9.94. The first-order valence-corrected chi connectivity index (χ1v) is 8.53. The van der Waals surface area contributed by atoms with Crippen LogP contribution in [0.15, 0.2) is 29.2 Å². The molecule has 0 heterocycles. The van der Waals surface area contributed by atoms with Gasteiger partial charge in [-0.3, -0.25) is 4.79 Å². The van der Waals surface area contributed by atoms with Crippen molar-refractivity contribution in [1.29, 1.82) is 0 Å². The second kappa shape index (κ2) is 8.11. The van der Waals surface area contributed by atoms with E-state index in [2.05, 4.69) is 10.0 Å². The first kappa shape index (κ1) is 17.6. The third-order valence-corrected chi connectivity index (χ3v) is 4.62. The molecule has 1 atom stereocenters. The summed E-state index contributed by atoms with van der Waals surface area (Å²) < 4.78 is 26.0. The molecule has 1 rings (SSSR count). The molecule has 1 aromatic rings. The molecule has 1 aromatic carbocycles. The van der Waals surface area contributed by atoms with Crippen molar-refractivity contribution in [2.75, 3.05) is 18.4 Å². The molecular weight excluding hydrogens is 290 g/mol. The number of benzene rings is 1. The Labute approximate surface area is 126 Å². The SMILES string of the molecule is CCCC(CN)C(=O)Nc1ccc(S(=O)(=O)NCC)cc1. The summed E-state index contributed by atoms with van der Waals surface area (Å²) in [4.78, 5) is 12.2. The summed E-state index contributed by atoms with van der Waals surface area (Å²) in [6, 6.07) is 6.07. The van der Waals surface area contributed by atoms with Gasteiger partial charge in [-0.15, -0.1) is 0 Å². The van der Waals surface area contributed by atoms with Gasteiger partial charge in [0, 0.05) is 18.8 Å². The summed E-state index contributed by atoms with van der Waals surface area (Å²) in [7, 11) is -3.47. The Morgan fingerprint density at radius 1 is 1.24 bits per heavy atom. The van der Waals surface area contributed by atoms with E-state index >= 15 is 0 Å². The van der Waals surface area contributed by atoms with E-state index in [1.165, 1.54) is 12.1 Å². The van der Waals surface area contributed by atoms with Gasteiger partial charge >= 0.3 is 0 Å². The molecule has 0 aromatic heterocycles. The van der Waals surface area contributed by atoms with E-state index in [0.29, 0.717) is 18.8 Å². The molecule has 1 unspecified atom stereocenters. The van der Waals surface area contributed by atoms with Gasteiger partial charge in [-0.2, -0.15) is 0 Å². The first-order valence-electron chi connectivity index (χ1n) is 7.05. The highest BCUT2D eigenvalue weighted by Crippen LogP contribution is 2.15. The van der Waals surface area contributed by atoms with Gasteiger partial charge in [0.05, 0.1) is 10.8 Å². The number of carbonyl (C=O) groups excluding carboxylic acids is 1. The van der Waals surface area contributed by atoms with Gasteiger partial charge in [0.25, 0.3) is 0 Å². The Kier molecular flexibility index (Phi) is 6.80. The van der Waals surface area contributed by atoms with Crippen molar-refractivity contribution in [2.45, 2.75) is 31.6 Å². The van der Waals surface area contributed by atoms with Crippen LogP contribution in [0, 0.1) is 5.92 Å². The molecule has 0 aliphatic heterocycles. The molecule has 0 fully saturated rings. The minimum Gasteiger partial charge on any atom is -0.330 e. The van der Waals surface area contributed by atoms with Gasteiger partial charge in [-0.1, -0.05) is 20.3 Å². The van der Waals surface area contributed by atoms with E-state index in [0.717, 1.165) is 12.8 Å². The number of anilines is 1. The lowest BCUT2D eigenvalue weighted by Gasteiger charge is -2.14. The van der Waals surface area contributed by atoms with Gasteiger partial charge in [0.1, 0.15) is 0 Å². The molecule has 0 saturated carbocycles. The van der Waals surface area contributed by atoms with E-state index in [-0.39, 0.29) is 16.7 Å². The summed E-state index contributed by atoms with van der Waals surface area (Å²) in [5.74, 6) is -0.359. The van der Waals surface area contributed by atoms with Crippen LogP contribution in [-0.2, 0) is 14.8 Å². The Morgan fingerprint density at radius 2 is 1.86 bits per heavy atom. The van der Waals surface area contributed by atoms with Crippen LogP contribution < -0.4 is 15.8 Å². The molecule has 0 aliphatic rings. The monoisotopic (exact) mass is 313 g/mol. The topological polar surface area (TPSA) is 101 Å². The van der Waals surface area contributed by atoms with E-state index in [1.807, 2.05) is 6.92 Å². The Balaban J connectivity index is 2.77. The highest BCUT2D eigenvalue weighted by Gasteiger charge is 2.16. The van der Waals surface area contributed by atoms with Crippen LogP contribution in [0.25, 0.3) is 0 Å². The second-order valence-electron chi connectivity index (χ2n) is 4.74. The van der Waals surface area contributed by atoms with Crippen LogP contribution in [0.1, 0.15) is 26.7 Å². The van der Waals surface area contributed by atoms with Crippen molar-refractivity contribution < 1.29 is 13.2 Å². The number of amides is 1. The van der Waals surface area contributed by atoms with Crippen molar-refractivity contribution in [3.05, 3.63) is 24.3 Å². The van der Waals surface area contributed by atoms with Crippen LogP contribution in [0.5, 0.6) is 0 Å². The maximum absolute atomic E-state index is 12.0. The van der Waals surface area contributed by atoms with Crippen LogP contribution in [0.4, 0.5) is 5.69 Å². The molecule has 0 radical (unpaired) electrons. The lowest BCUT2D eigenvalue weighted by molar-refractivity contribution is -0.119. The standard InChI is InChI=1S/C14H23N3O3S/c1-3-5-11(10-15)14(18)17-12-6-8-13(9-7-12)21(19,20)16-4-2/h6-9,11,16H,3-5,10,15H2,1-2H3,(H,17,18). The molecule has 6 nitrogen and oxygen atoms in total. The van der Waals surface area contributed by atoms with Crippen molar-refractivity contribution in [3.8, 4) is 0 Å². The predicted molar refractivity (Wildman–Crippen MR) is 83.4 cm³/mol. The molecule has 118 valence electrons. The molecule has 0 spiro atoms. The average molecular weight is 313 g/mol. The van der Waals surface area contributed by atoms with Crippen molar-refractivity contribution >= 4 is 21.6 Å². The Morgan fingerprint density at radius 3 is 2.33 bits per heavy atom. The highest BCUT2D eigenvalue weighted by molar-refractivity contribution is 7.89. The fourth-order valence-corrected chi connectivity index (χ4v) is 2.98. The van der Waals surface area contributed by atoms with Gasteiger partial charge in [-0.25, -0.2) is 13.1 Å². The normalized spacial score (nSPS) is 12.9. The summed E-state index contributed by atoms with van der Waals surface area (Å²) in [6.45, 7) is 4.34. The molecule has 0 saturated heterocycles. The van der Waals surface area contributed by atoms with E-state index in [9.17, 15) is 13.2 Å². The van der Waals surface area contributed by atoms with Crippen molar-refractivity contribution in [3.63, 3.8) is 0 Å². The fraction of sp³-hybridized carbons (Fsp3) is 0.500. The van der Waals surface area contributed by atoms with Crippen LogP contribution in [0.2, 0.25) is 0 Å². The van der Waals surface area contributed by atoms with Crippen molar-refractivity contribution in [1.82, 2.24) is 4.72 Å². The molecule has 0 aliphatic carbocycles. The largest absolute Gasteiger partial charge is 0.330 e. The van der Waals surface area contributed by atoms with Crippen LogP contribution >= 0.6 is 0 Å². The quantitative estimate of drug-likeness (QED) is 0.673. The Hall–Kier alpha value is -1.44. The lowest BCUT2D eigenvalue weighted by atomic mass is 10.0. The summed E-state index contributed by atoms with van der Waals surface area (Å²) in [5.41, 5.74) is 6.14. The molecule has 7 heteroatoms. The number of sulfonamides is 1. The molecule has 0 bridgehead atoms. The van der Waals surface area contributed by atoms with E-state index < -0.39 is 10.0 Å². The molecule has 1 amide bonds. The average Bonchev–Trinajstić information content (AvgIpc) is 2.45. The maximum Gasteiger partial charge on any atom is 0.240 e. The summed E-state index contributed by atoms with van der Waals surface area (Å²) >= 11 is 0. The van der Waals surface area contributed by atoms with E-state index in [1.54, 1.807) is 19.1 Å². The minimum absolute atomic E-state index is 0.137. The molecular formula is C14H23N3O3S. The number of nitrogens with two attached hydrogens (primary N) is 1. The smallest absolute Gasteiger partial charge is 0.240 e. The number of rotatable bonds is 8. The van der Waals surface area contributed by atoms with Crippen molar-refractivity contribution in [2.24, 2.45) is 11.7 Å². The summed E-state index contributed by atoms with van der Waals surface area (Å²) in [6.07, 6.45) is 1.62. The van der Waals surface area contributed by atoms with Gasteiger partial charge in [0.15, 0.2) is 0 Å². The molecule has 21 heavy (non-hydrogen) atoms. The van der Waals surface area contributed by atoms with Gasteiger partial charge in [0.2, 0.25) is 15.9 Å². The highest BCUT2D eigenvalue weighted by atomic mass is 32.2. The maximum atomic E-state index is 12.0. The number of nitrogens with one attached hydrogen (secondary N) is 2. The van der Waals surface area contributed by atoms with Gasteiger partial charge < -0.3 is 11.1 Å². The number of hydrogen-bond acceptors (Lipinski definition) is 4. The Bertz CT molecular complexity index is 555. The van der Waals surface area contributed by atoms with Crippen LogP contribution in [0.3, 0.4) is 0 Å². The zero-order chi connectivity index (χ0) is 15.9. The fourth-order valence-electron chi connectivity index (χ4n) is 1.94. The van der Waals surface area contributed by atoms with Crippen LogP contribution in [-0.4, -0.2) is 27.4 Å². The summed E-state index contributed by atoms with van der Waals surface area (Å²) in [5, 5.41) is 2.75. The number of carbonyl (C=O) groups is 1.